The maximum atomic E-state index is 12.7. The quantitative estimate of drug-likeness (QED) is 0.871. The number of para-hydroxylation sites is 1. The summed E-state index contributed by atoms with van der Waals surface area (Å²) < 4.78 is 0. The van der Waals surface area contributed by atoms with Crippen molar-refractivity contribution in [3.63, 3.8) is 0 Å². The second-order valence-corrected chi connectivity index (χ2v) is 6.58. The van der Waals surface area contributed by atoms with Crippen molar-refractivity contribution in [2.75, 3.05) is 12.4 Å². The summed E-state index contributed by atoms with van der Waals surface area (Å²) in [6.07, 6.45) is 0. The van der Waals surface area contributed by atoms with E-state index in [0.29, 0.717) is 11.1 Å². The molecule has 1 N–H and O–H groups in total. The monoisotopic (exact) mass is 336 g/mol. The van der Waals surface area contributed by atoms with Gasteiger partial charge in [-0.05, 0) is 42.2 Å². The van der Waals surface area contributed by atoms with E-state index in [-0.39, 0.29) is 29.2 Å². The smallest absolute Gasteiger partial charge is 0.261 e. The summed E-state index contributed by atoms with van der Waals surface area (Å²) in [5.41, 5.74) is 3.79. The molecule has 3 rings (SSSR count). The van der Waals surface area contributed by atoms with E-state index in [1.807, 2.05) is 25.1 Å². The molecule has 0 fully saturated rings. The van der Waals surface area contributed by atoms with Crippen molar-refractivity contribution in [3.05, 3.63) is 64.2 Å². The first-order valence-corrected chi connectivity index (χ1v) is 8.18. The Balaban J connectivity index is 1.95. The number of hydrogen-bond acceptors (Lipinski definition) is 3. The number of aryl methyl sites for hydroxylation is 1. The van der Waals surface area contributed by atoms with Gasteiger partial charge in [0, 0.05) is 18.3 Å². The first-order chi connectivity index (χ1) is 11.8. The lowest BCUT2D eigenvalue weighted by atomic mass is 9.97. The Morgan fingerprint density at radius 3 is 2.40 bits per heavy atom. The summed E-state index contributed by atoms with van der Waals surface area (Å²) in [4.78, 5) is 37.8. The summed E-state index contributed by atoms with van der Waals surface area (Å²) >= 11 is 0. The summed E-state index contributed by atoms with van der Waals surface area (Å²) in [7, 11) is 1.44. The molecule has 1 aliphatic rings. The molecule has 2 aromatic carbocycles. The highest BCUT2D eigenvalue weighted by atomic mass is 16.2. The molecule has 0 aromatic heterocycles. The highest BCUT2D eigenvalue weighted by Crippen LogP contribution is 2.28. The molecule has 0 unspecified atom stereocenters. The Kier molecular flexibility index (Phi) is 4.17. The van der Waals surface area contributed by atoms with Crippen molar-refractivity contribution in [1.82, 2.24) is 4.90 Å². The Hall–Kier alpha value is -2.95. The minimum Gasteiger partial charge on any atom is -0.321 e. The fourth-order valence-corrected chi connectivity index (χ4v) is 3.03. The Labute approximate surface area is 146 Å². The van der Waals surface area contributed by atoms with Gasteiger partial charge in [0.2, 0.25) is 0 Å². The number of carbonyl (C=O) groups is 3. The zero-order valence-electron chi connectivity index (χ0n) is 14.7. The number of nitrogens with zero attached hydrogens (tertiary/aromatic N) is 1. The summed E-state index contributed by atoms with van der Waals surface area (Å²) in [5, 5.41) is 2.96. The molecule has 128 valence electrons. The summed E-state index contributed by atoms with van der Waals surface area (Å²) in [6, 6.07) is 10.5. The van der Waals surface area contributed by atoms with Crippen LogP contribution in [0.25, 0.3) is 0 Å². The molecule has 0 radical (unpaired) electrons. The maximum Gasteiger partial charge on any atom is 0.261 e. The Morgan fingerprint density at radius 2 is 1.72 bits per heavy atom. The Bertz CT molecular complexity index is 900. The third kappa shape index (κ3) is 2.82. The van der Waals surface area contributed by atoms with Crippen LogP contribution in [0.2, 0.25) is 0 Å². The summed E-state index contributed by atoms with van der Waals surface area (Å²) in [6.45, 7) is 6.08. The van der Waals surface area contributed by atoms with Gasteiger partial charge < -0.3 is 5.32 Å². The van der Waals surface area contributed by atoms with Crippen LogP contribution in [0.3, 0.4) is 0 Å². The second-order valence-electron chi connectivity index (χ2n) is 6.58. The summed E-state index contributed by atoms with van der Waals surface area (Å²) in [5.74, 6) is -0.752. The largest absolute Gasteiger partial charge is 0.321 e. The topological polar surface area (TPSA) is 66.5 Å². The molecule has 5 heteroatoms. The van der Waals surface area contributed by atoms with Gasteiger partial charge in [-0.2, -0.15) is 0 Å². The van der Waals surface area contributed by atoms with Crippen molar-refractivity contribution < 1.29 is 14.4 Å². The van der Waals surface area contributed by atoms with Crippen LogP contribution < -0.4 is 5.32 Å². The molecule has 0 atom stereocenters. The van der Waals surface area contributed by atoms with Gasteiger partial charge in [0.1, 0.15) is 0 Å². The molecule has 0 bridgehead atoms. The molecule has 0 saturated heterocycles. The number of anilines is 1. The molecule has 0 spiro atoms. The average Bonchev–Trinajstić information content (AvgIpc) is 2.80. The highest BCUT2D eigenvalue weighted by molar-refractivity contribution is 6.22. The van der Waals surface area contributed by atoms with Crippen molar-refractivity contribution in [3.8, 4) is 0 Å². The van der Waals surface area contributed by atoms with Gasteiger partial charge in [0.15, 0.2) is 0 Å². The van der Waals surface area contributed by atoms with Gasteiger partial charge in [-0.1, -0.05) is 32.0 Å². The molecule has 1 heterocycles. The van der Waals surface area contributed by atoms with Gasteiger partial charge in [0.25, 0.3) is 17.7 Å². The van der Waals surface area contributed by atoms with Crippen LogP contribution in [-0.2, 0) is 0 Å². The number of fused-ring (bicyclic) bond motifs is 1. The van der Waals surface area contributed by atoms with E-state index < -0.39 is 0 Å². The number of rotatable bonds is 3. The average molecular weight is 336 g/mol. The van der Waals surface area contributed by atoms with Crippen LogP contribution in [0.15, 0.2) is 36.4 Å². The van der Waals surface area contributed by atoms with Crippen LogP contribution in [0, 0.1) is 6.92 Å². The number of benzene rings is 2. The number of imide groups is 1. The Morgan fingerprint density at radius 1 is 1.04 bits per heavy atom. The molecule has 3 amide bonds. The third-order valence-electron chi connectivity index (χ3n) is 4.52. The normalized spacial score (nSPS) is 13.4. The van der Waals surface area contributed by atoms with Crippen LogP contribution in [-0.4, -0.2) is 29.7 Å². The lowest BCUT2D eigenvalue weighted by Crippen LogP contribution is -2.24. The maximum absolute atomic E-state index is 12.7. The first kappa shape index (κ1) is 16.9. The van der Waals surface area contributed by atoms with Gasteiger partial charge >= 0.3 is 0 Å². The molecular formula is C20H20N2O3. The lowest BCUT2D eigenvalue weighted by molar-refractivity contribution is 0.0693. The fraction of sp³-hybridized carbons (Fsp3) is 0.250. The molecule has 25 heavy (non-hydrogen) atoms. The van der Waals surface area contributed by atoms with Crippen LogP contribution in [0.1, 0.15) is 62.0 Å². The first-order valence-electron chi connectivity index (χ1n) is 8.18. The van der Waals surface area contributed by atoms with Gasteiger partial charge in [0.05, 0.1) is 11.1 Å². The van der Waals surface area contributed by atoms with Crippen molar-refractivity contribution in [2.45, 2.75) is 26.7 Å². The molecule has 2 aromatic rings. The van der Waals surface area contributed by atoms with E-state index >= 15 is 0 Å². The number of hydrogen-bond donors (Lipinski definition) is 1. The van der Waals surface area contributed by atoms with Crippen molar-refractivity contribution in [1.29, 1.82) is 0 Å². The standard InChI is InChI=1S/C20H20N2O3/c1-11(2)14-7-5-6-12(3)17(14)21-18(23)13-8-9-15-16(10-13)20(25)22(4)19(15)24/h5-11H,1-4H3,(H,21,23). The highest BCUT2D eigenvalue weighted by Gasteiger charge is 2.33. The third-order valence-corrected chi connectivity index (χ3v) is 4.52. The molecule has 0 aliphatic carbocycles. The number of carbonyl (C=O) groups excluding carboxylic acids is 3. The fourth-order valence-electron chi connectivity index (χ4n) is 3.03. The van der Waals surface area contributed by atoms with Crippen LogP contribution in [0.4, 0.5) is 5.69 Å². The van der Waals surface area contributed by atoms with Gasteiger partial charge in [-0.3, -0.25) is 19.3 Å². The van der Waals surface area contributed by atoms with Crippen molar-refractivity contribution in [2.24, 2.45) is 0 Å². The molecular weight excluding hydrogens is 316 g/mol. The van der Waals surface area contributed by atoms with E-state index in [9.17, 15) is 14.4 Å². The minimum atomic E-state index is -0.381. The zero-order valence-corrected chi connectivity index (χ0v) is 14.7. The molecule has 1 aliphatic heterocycles. The van der Waals surface area contributed by atoms with E-state index in [0.717, 1.165) is 21.7 Å². The van der Waals surface area contributed by atoms with Gasteiger partial charge in [-0.15, -0.1) is 0 Å². The van der Waals surface area contributed by atoms with E-state index in [2.05, 4.69) is 19.2 Å². The predicted molar refractivity (Wildman–Crippen MR) is 96.1 cm³/mol. The lowest BCUT2D eigenvalue weighted by Gasteiger charge is -2.16. The number of amides is 3. The minimum absolute atomic E-state index is 0.267. The van der Waals surface area contributed by atoms with Crippen LogP contribution >= 0.6 is 0 Å². The number of nitrogens with one attached hydrogen (secondary N) is 1. The van der Waals surface area contributed by atoms with Crippen LogP contribution in [0.5, 0.6) is 0 Å². The van der Waals surface area contributed by atoms with Crippen molar-refractivity contribution >= 4 is 23.4 Å². The van der Waals surface area contributed by atoms with E-state index in [1.165, 1.54) is 19.2 Å². The molecule has 0 saturated carbocycles. The SMILES string of the molecule is Cc1cccc(C(C)C)c1NC(=O)c1ccc2c(c1)C(=O)N(C)C2=O. The van der Waals surface area contributed by atoms with E-state index in [4.69, 9.17) is 0 Å². The van der Waals surface area contributed by atoms with Gasteiger partial charge in [-0.25, -0.2) is 0 Å². The zero-order chi connectivity index (χ0) is 18.3. The van der Waals surface area contributed by atoms with E-state index in [1.54, 1.807) is 6.07 Å². The second kappa shape index (κ2) is 6.16. The predicted octanol–water partition coefficient (Wildman–Crippen LogP) is 3.60. The molecule has 5 nitrogen and oxygen atoms in total.